The van der Waals surface area contributed by atoms with Crippen LogP contribution in [-0.2, 0) is 4.79 Å². The summed E-state index contributed by atoms with van der Waals surface area (Å²) >= 11 is 1.22. The highest BCUT2D eigenvalue weighted by molar-refractivity contribution is 8.13. The summed E-state index contributed by atoms with van der Waals surface area (Å²) in [4.78, 5) is 31.7. The summed E-state index contributed by atoms with van der Waals surface area (Å²) in [6.45, 7) is 21.3. The molecule has 6 heteroatoms. The Morgan fingerprint density at radius 2 is 0.710 bits per heavy atom. The predicted octanol–water partition coefficient (Wildman–Crippen LogP) is 16.1. The Bertz CT molecular complexity index is 3630. The molecule has 0 aliphatic carbocycles. The van der Waals surface area contributed by atoms with Crippen LogP contribution in [0.1, 0.15) is 90.9 Å². The van der Waals surface area contributed by atoms with Gasteiger partial charge in [0.25, 0.3) is 0 Å². The Morgan fingerprint density at radius 1 is 0.406 bits per heavy atom. The number of nitrogens with one attached hydrogen (secondary N) is 2. The predicted molar refractivity (Wildman–Crippen MR) is 292 cm³/mol. The second-order valence-corrected chi connectivity index (χ2v) is 20.0. The molecule has 8 bridgehead atoms. The van der Waals surface area contributed by atoms with Gasteiger partial charge in [0, 0.05) is 67.3 Å². The zero-order valence-corrected chi connectivity index (χ0v) is 41.7. The minimum Gasteiger partial charge on any atom is -0.354 e. The maximum Gasteiger partial charge on any atom is 0.190 e. The molecular formula is C63H54N4OS. The van der Waals surface area contributed by atoms with Gasteiger partial charge in [-0.3, -0.25) is 4.79 Å². The van der Waals surface area contributed by atoms with Gasteiger partial charge in [-0.15, -0.1) is 0 Å². The Kier molecular flexibility index (Phi) is 11.8. The fourth-order valence-corrected chi connectivity index (χ4v) is 11.3. The van der Waals surface area contributed by atoms with Gasteiger partial charge in [0.05, 0.1) is 22.8 Å². The summed E-state index contributed by atoms with van der Waals surface area (Å²) < 4.78 is 0. The van der Waals surface area contributed by atoms with Gasteiger partial charge in [0.15, 0.2) is 5.12 Å². The van der Waals surface area contributed by atoms with Crippen molar-refractivity contribution in [1.82, 2.24) is 19.9 Å². The maximum absolute atomic E-state index is 11.6. The molecule has 0 fully saturated rings. The Labute approximate surface area is 409 Å². The van der Waals surface area contributed by atoms with Crippen LogP contribution in [0.25, 0.3) is 90.9 Å². The van der Waals surface area contributed by atoms with E-state index in [0.717, 1.165) is 88.7 Å². The molecule has 0 atom stereocenters. The number of hydrogen-bond donors (Lipinski definition) is 2. The lowest BCUT2D eigenvalue weighted by Gasteiger charge is -2.14. The number of benzene rings is 5. The Morgan fingerprint density at radius 3 is 1.04 bits per heavy atom. The van der Waals surface area contributed by atoms with Crippen molar-refractivity contribution in [1.29, 1.82) is 0 Å². The van der Waals surface area contributed by atoms with Crippen LogP contribution in [0.15, 0.2) is 114 Å². The van der Waals surface area contributed by atoms with Crippen LogP contribution in [-0.4, -0.2) is 25.1 Å². The van der Waals surface area contributed by atoms with Crippen molar-refractivity contribution in [2.45, 2.75) is 74.1 Å². The lowest BCUT2D eigenvalue weighted by molar-refractivity contribution is -0.109. The van der Waals surface area contributed by atoms with E-state index in [4.69, 9.17) is 9.97 Å². The van der Waals surface area contributed by atoms with Gasteiger partial charge in [-0.05, 0) is 203 Å². The fraction of sp³-hybridized carbons (Fsp3) is 0.159. The number of carbonyl (C=O) groups is 1. The smallest absolute Gasteiger partial charge is 0.190 e. The molecule has 3 aromatic heterocycles. The molecule has 0 saturated heterocycles. The van der Waals surface area contributed by atoms with Gasteiger partial charge < -0.3 is 9.97 Å². The maximum atomic E-state index is 11.6. The molecule has 338 valence electrons. The first-order chi connectivity index (χ1) is 33.2. The fourth-order valence-electron chi connectivity index (χ4n) is 10.7. The minimum absolute atomic E-state index is 0.0622. The molecule has 2 aliphatic heterocycles. The zero-order chi connectivity index (χ0) is 48.2. The monoisotopic (exact) mass is 914 g/mol. The first-order valence-corrected chi connectivity index (χ1v) is 24.3. The van der Waals surface area contributed by atoms with E-state index in [2.05, 4.69) is 193 Å². The van der Waals surface area contributed by atoms with Crippen LogP contribution >= 0.6 is 11.8 Å². The van der Waals surface area contributed by atoms with E-state index in [1.807, 2.05) is 24.3 Å². The lowest BCUT2D eigenvalue weighted by atomic mass is 9.92. The average Bonchev–Trinajstić information content (AvgIpc) is 4.14. The number of fused-ring (bicyclic) bond motifs is 8. The number of aryl methyl sites for hydroxylation is 9. The summed E-state index contributed by atoms with van der Waals surface area (Å²) in [5.74, 6) is 6.67. The molecule has 0 unspecified atom stereocenters. The number of aromatic amines is 2. The number of rotatable bonds is 5. The van der Waals surface area contributed by atoms with Crippen LogP contribution in [0.2, 0.25) is 0 Å². The van der Waals surface area contributed by atoms with Gasteiger partial charge in [0.1, 0.15) is 0 Å². The molecule has 5 heterocycles. The normalized spacial score (nSPS) is 11.8. The van der Waals surface area contributed by atoms with Crippen molar-refractivity contribution < 1.29 is 4.79 Å². The van der Waals surface area contributed by atoms with E-state index >= 15 is 0 Å². The molecule has 0 amide bonds. The summed E-state index contributed by atoms with van der Waals surface area (Å²) in [6.07, 6.45) is 8.72. The molecule has 2 N–H and O–H groups in total. The number of aromatic nitrogens is 4. The third-order valence-electron chi connectivity index (χ3n) is 13.2. The van der Waals surface area contributed by atoms with E-state index < -0.39 is 0 Å². The van der Waals surface area contributed by atoms with Gasteiger partial charge in [-0.1, -0.05) is 88.8 Å². The molecule has 69 heavy (non-hydrogen) atoms. The third-order valence-corrected chi connectivity index (χ3v) is 14.0. The van der Waals surface area contributed by atoms with E-state index in [9.17, 15) is 4.79 Å². The molecule has 10 rings (SSSR count). The van der Waals surface area contributed by atoms with Gasteiger partial charge in [-0.2, -0.15) is 0 Å². The molecule has 0 radical (unpaired) electrons. The highest BCUT2D eigenvalue weighted by Crippen LogP contribution is 2.42. The third kappa shape index (κ3) is 8.71. The number of carbonyl (C=O) groups excluding carboxylic acids is 1. The summed E-state index contributed by atoms with van der Waals surface area (Å²) in [5, 5.41) is 0.0622. The summed E-state index contributed by atoms with van der Waals surface area (Å²) in [7, 11) is 0. The molecule has 0 saturated carbocycles. The summed E-state index contributed by atoms with van der Waals surface area (Å²) in [6, 6.07) is 38.7. The Hall–Kier alpha value is -7.72. The lowest BCUT2D eigenvalue weighted by Crippen LogP contribution is -1.96. The van der Waals surface area contributed by atoms with Gasteiger partial charge in [0.2, 0.25) is 0 Å². The molecule has 2 aliphatic rings. The van der Waals surface area contributed by atoms with E-state index in [1.54, 1.807) is 6.92 Å². The SMILES string of the molecule is CC(=O)Sc1ccc(C#Cc2ccc(-c3c4nc(c(-c5c(C)cc(C)cc5C)c5ccc([nH]5)c(-c5c(C)cc(C)cc5C)c5nc(c(-c6c(C)cc(C)cc6C)c6ccc3[nH]6)C=C5)C=C4)cc2)cc1. The summed E-state index contributed by atoms with van der Waals surface area (Å²) in [5.41, 5.74) is 28.8. The van der Waals surface area contributed by atoms with E-state index in [1.165, 1.54) is 78.5 Å². The van der Waals surface area contributed by atoms with Crippen LogP contribution in [0.3, 0.4) is 0 Å². The quantitative estimate of drug-likeness (QED) is 0.133. The van der Waals surface area contributed by atoms with Crippen molar-refractivity contribution in [3.8, 4) is 56.3 Å². The number of hydrogen-bond acceptors (Lipinski definition) is 4. The molecule has 5 aromatic carbocycles. The van der Waals surface area contributed by atoms with Crippen molar-refractivity contribution in [3.05, 3.63) is 193 Å². The first kappa shape index (κ1) is 45.1. The zero-order valence-electron chi connectivity index (χ0n) is 40.9. The highest BCUT2D eigenvalue weighted by Gasteiger charge is 2.23. The van der Waals surface area contributed by atoms with Gasteiger partial charge >= 0.3 is 0 Å². The second kappa shape index (κ2) is 18.1. The molecule has 0 spiro atoms. The second-order valence-electron chi connectivity index (χ2n) is 18.8. The van der Waals surface area contributed by atoms with E-state index in [0.29, 0.717) is 0 Å². The molecule has 8 aromatic rings. The van der Waals surface area contributed by atoms with Crippen molar-refractivity contribution in [2.24, 2.45) is 0 Å². The van der Waals surface area contributed by atoms with E-state index in [-0.39, 0.29) is 5.12 Å². The average molecular weight is 915 g/mol. The molecular weight excluding hydrogens is 861 g/mol. The minimum atomic E-state index is 0.0622. The van der Waals surface area contributed by atoms with Crippen molar-refractivity contribution in [3.63, 3.8) is 0 Å². The number of thioether (sulfide) groups is 1. The van der Waals surface area contributed by atoms with Crippen LogP contribution in [0.4, 0.5) is 0 Å². The number of H-pyrrole nitrogens is 2. The Balaban J connectivity index is 1.30. The topological polar surface area (TPSA) is 74.4 Å². The van der Waals surface area contributed by atoms with Crippen LogP contribution < -0.4 is 0 Å². The van der Waals surface area contributed by atoms with Crippen molar-refractivity contribution in [2.75, 3.05) is 0 Å². The first-order valence-electron chi connectivity index (χ1n) is 23.5. The van der Waals surface area contributed by atoms with Gasteiger partial charge in [-0.25, -0.2) is 9.97 Å². The largest absolute Gasteiger partial charge is 0.354 e. The number of nitrogens with zero attached hydrogens (tertiary/aromatic N) is 2. The van der Waals surface area contributed by atoms with Crippen molar-refractivity contribution >= 4 is 63.2 Å². The van der Waals surface area contributed by atoms with Crippen LogP contribution in [0, 0.1) is 74.2 Å². The standard InChI is InChI=1S/C63H54N4OS/c1-35-29-38(4)57(39(5)30-35)61-51-23-21-49(64-51)60(47-17-13-45(14-18-47)11-12-46-15-19-48(20-16-46)69-44(10)68)50-22-24-52(65-50)62(58-40(6)31-36(2)32-41(58)7)54-26-28-56(67-54)63(55-27-25-53(61)66-55)59-42(8)33-37(3)34-43(59)9/h13-34,64,67H,1-10H3. The highest BCUT2D eigenvalue weighted by atomic mass is 32.2. The van der Waals surface area contributed by atoms with Crippen LogP contribution in [0.5, 0.6) is 0 Å². The molecule has 5 nitrogen and oxygen atoms in total.